The normalized spacial score (nSPS) is 11.1. The molecule has 1 amide bonds. The molecule has 0 radical (unpaired) electrons. The first-order chi connectivity index (χ1) is 6.39. The lowest BCUT2D eigenvalue weighted by Crippen LogP contribution is -2.19. The molecule has 0 fully saturated rings. The van der Waals surface area contributed by atoms with Crippen LogP contribution in [0.3, 0.4) is 0 Å². The molecular formula is C9H13N3O2. The molecule has 0 unspecified atom stereocenters. The van der Waals surface area contributed by atoms with Crippen LogP contribution in [0.25, 0.3) is 0 Å². The van der Waals surface area contributed by atoms with Gasteiger partial charge in [-0.25, -0.2) is 9.78 Å². The number of nitrogens with zero attached hydrogens (tertiary/aromatic N) is 2. The zero-order valence-electron chi connectivity index (χ0n) is 8.44. The van der Waals surface area contributed by atoms with Crippen LogP contribution in [-0.2, 0) is 5.41 Å². The largest absolute Gasteiger partial charge is 0.411 e. The Bertz CT molecular complexity index is 344. The van der Waals surface area contributed by atoms with E-state index in [1.54, 1.807) is 6.20 Å². The van der Waals surface area contributed by atoms with E-state index in [1.807, 2.05) is 20.8 Å². The molecule has 0 saturated heterocycles. The molecule has 14 heavy (non-hydrogen) atoms. The van der Waals surface area contributed by atoms with Crippen LogP contribution in [0.5, 0.6) is 5.88 Å². The van der Waals surface area contributed by atoms with Crippen LogP contribution in [0.2, 0.25) is 0 Å². The minimum Gasteiger partial charge on any atom is -0.390 e. The Kier molecular flexibility index (Phi) is 2.69. The van der Waals surface area contributed by atoms with Crippen molar-refractivity contribution in [2.45, 2.75) is 26.2 Å². The highest BCUT2D eigenvalue weighted by Crippen LogP contribution is 2.20. The summed E-state index contributed by atoms with van der Waals surface area (Å²) in [6.45, 7) is 5.97. The maximum absolute atomic E-state index is 10.5. The monoisotopic (exact) mass is 195 g/mol. The molecule has 5 nitrogen and oxygen atoms in total. The Morgan fingerprint density at radius 1 is 1.43 bits per heavy atom. The Morgan fingerprint density at radius 2 is 2.07 bits per heavy atom. The van der Waals surface area contributed by atoms with E-state index in [0.717, 1.165) is 5.69 Å². The third-order valence-electron chi connectivity index (χ3n) is 1.59. The minimum atomic E-state index is -0.884. The maximum Gasteiger partial charge on any atom is 0.411 e. The summed E-state index contributed by atoms with van der Waals surface area (Å²) in [5.41, 5.74) is 5.47. The molecule has 0 aromatic carbocycles. The molecule has 0 spiro atoms. The first-order valence-corrected chi connectivity index (χ1v) is 4.19. The van der Waals surface area contributed by atoms with Gasteiger partial charge in [0.05, 0.1) is 11.9 Å². The van der Waals surface area contributed by atoms with Crippen molar-refractivity contribution in [2.24, 2.45) is 5.73 Å². The molecule has 0 aliphatic carbocycles. The van der Waals surface area contributed by atoms with Gasteiger partial charge in [-0.3, -0.25) is 4.98 Å². The van der Waals surface area contributed by atoms with Gasteiger partial charge in [-0.2, -0.15) is 0 Å². The van der Waals surface area contributed by atoms with Crippen LogP contribution < -0.4 is 10.5 Å². The van der Waals surface area contributed by atoms with Gasteiger partial charge in [-0.05, 0) is 0 Å². The molecule has 76 valence electrons. The average molecular weight is 195 g/mol. The summed E-state index contributed by atoms with van der Waals surface area (Å²) in [5, 5.41) is 0. The number of primary amides is 1. The van der Waals surface area contributed by atoms with Gasteiger partial charge in [0.15, 0.2) is 0 Å². The fourth-order valence-electron chi connectivity index (χ4n) is 0.862. The Labute approximate surface area is 82.3 Å². The van der Waals surface area contributed by atoms with Crippen molar-refractivity contribution in [3.63, 3.8) is 0 Å². The molecule has 2 N–H and O–H groups in total. The molecule has 1 heterocycles. The van der Waals surface area contributed by atoms with Crippen LogP contribution in [0.15, 0.2) is 12.4 Å². The van der Waals surface area contributed by atoms with Crippen molar-refractivity contribution in [3.8, 4) is 5.88 Å². The predicted octanol–water partition coefficient (Wildman–Crippen LogP) is 1.23. The summed E-state index contributed by atoms with van der Waals surface area (Å²) in [6.07, 6.45) is 2.10. The van der Waals surface area contributed by atoms with Gasteiger partial charge in [0, 0.05) is 11.6 Å². The number of carbonyl (C=O) groups is 1. The Morgan fingerprint density at radius 3 is 2.57 bits per heavy atom. The second-order valence-electron chi connectivity index (χ2n) is 3.91. The van der Waals surface area contributed by atoms with Gasteiger partial charge in [0.2, 0.25) is 5.88 Å². The number of carbonyl (C=O) groups excluding carboxylic acids is 1. The van der Waals surface area contributed by atoms with Crippen LogP contribution in [0.1, 0.15) is 26.5 Å². The predicted molar refractivity (Wildman–Crippen MR) is 50.9 cm³/mol. The number of nitrogens with two attached hydrogens (primary N) is 1. The zero-order chi connectivity index (χ0) is 10.8. The SMILES string of the molecule is CC(C)(C)c1cncc(OC(N)=O)n1. The molecule has 1 aromatic rings. The molecule has 0 saturated carbocycles. The number of ether oxygens (including phenoxy) is 1. The lowest BCUT2D eigenvalue weighted by atomic mass is 9.93. The first kappa shape index (κ1) is 10.4. The van der Waals surface area contributed by atoms with Gasteiger partial charge in [0.1, 0.15) is 0 Å². The third-order valence-corrected chi connectivity index (χ3v) is 1.59. The second kappa shape index (κ2) is 3.61. The van der Waals surface area contributed by atoms with Crippen LogP contribution in [-0.4, -0.2) is 16.1 Å². The van der Waals surface area contributed by atoms with Gasteiger partial charge < -0.3 is 10.5 Å². The van der Waals surface area contributed by atoms with Crippen molar-refractivity contribution in [2.75, 3.05) is 0 Å². The van der Waals surface area contributed by atoms with E-state index in [-0.39, 0.29) is 11.3 Å². The van der Waals surface area contributed by atoms with Crippen molar-refractivity contribution in [1.29, 1.82) is 0 Å². The van der Waals surface area contributed by atoms with Gasteiger partial charge in [0.25, 0.3) is 0 Å². The highest BCUT2D eigenvalue weighted by atomic mass is 16.6. The number of amides is 1. The summed E-state index contributed by atoms with van der Waals surface area (Å²) in [5.74, 6) is 0.130. The van der Waals surface area contributed by atoms with E-state index in [9.17, 15) is 4.79 Å². The fourth-order valence-corrected chi connectivity index (χ4v) is 0.862. The number of hydrogen-bond donors (Lipinski definition) is 1. The van der Waals surface area contributed by atoms with E-state index in [4.69, 9.17) is 5.73 Å². The standard InChI is InChI=1S/C9H13N3O2/c1-9(2,3)6-4-11-5-7(12-6)14-8(10)13/h4-5H,1-3H3,(H2,10,13). The zero-order valence-corrected chi connectivity index (χ0v) is 8.44. The minimum absolute atomic E-state index is 0.130. The summed E-state index contributed by atoms with van der Waals surface area (Å²) < 4.78 is 4.62. The Balaban J connectivity index is 2.95. The number of aromatic nitrogens is 2. The first-order valence-electron chi connectivity index (χ1n) is 4.19. The lowest BCUT2D eigenvalue weighted by molar-refractivity contribution is 0.208. The van der Waals surface area contributed by atoms with Gasteiger partial charge in [-0.15, -0.1) is 0 Å². The molecular weight excluding hydrogens is 182 g/mol. The molecule has 0 bridgehead atoms. The molecule has 1 aromatic heterocycles. The molecule has 0 aliphatic rings. The van der Waals surface area contributed by atoms with Crippen molar-refractivity contribution in [3.05, 3.63) is 18.1 Å². The van der Waals surface area contributed by atoms with Crippen LogP contribution >= 0.6 is 0 Å². The van der Waals surface area contributed by atoms with E-state index in [2.05, 4.69) is 14.7 Å². The van der Waals surface area contributed by atoms with E-state index < -0.39 is 6.09 Å². The highest BCUT2D eigenvalue weighted by molar-refractivity contribution is 5.67. The van der Waals surface area contributed by atoms with E-state index in [0.29, 0.717) is 0 Å². The van der Waals surface area contributed by atoms with Gasteiger partial charge >= 0.3 is 6.09 Å². The molecule has 0 aliphatic heterocycles. The Hall–Kier alpha value is -1.65. The average Bonchev–Trinajstić information content (AvgIpc) is 2.01. The number of rotatable bonds is 1. The number of hydrogen-bond acceptors (Lipinski definition) is 4. The summed E-state index contributed by atoms with van der Waals surface area (Å²) in [7, 11) is 0. The second-order valence-corrected chi connectivity index (χ2v) is 3.91. The topological polar surface area (TPSA) is 78.1 Å². The summed E-state index contributed by atoms with van der Waals surface area (Å²) in [6, 6.07) is 0. The molecule has 5 heteroatoms. The highest BCUT2D eigenvalue weighted by Gasteiger charge is 2.16. The van der Waals surface area contributed by atoms with E-state index >= 15 is 0 Å². The lowest BCUT2D eigenvalue weighted by Gasteiger charge is -2.16. The molecule has 1 rings (SSSR count). The van der Waals surface area contributed by atoms with Gasteiger partial charge in [-0.1, -0.05) is 20.8 Å². The van der Waals surface area contributed by atoms with Crippen molar-refractivity contribution in [1.82, 2.24) is 9.97 Å². The molecule has 0 atom stereocenters. The van der Waals surface area contributed by atoms with Crippen LogP contribution in [0.4, 0.5) is 4.79 Å². The van der Waals surface area contributed by atoms with Crippen molar-refractivity contribution >= 4 is 6.09 Å². The van der Waals surface area contributed by atoms with Crippen LogP contribution in [0, 0.1) is 0 Å². The summed E-state index contributed by atoms with van der Waals surface area (Å²) >= 11 is 0. The fraction of sp³-hybridized carbons (Fsp3) is 0.444. The maximum atomic E-state index is 10.5. The van der Waals surface area contributed by atoms with E-state index in [1.165, 1.54) is 6.20 Å². The quantitative estimate of drug-likeness (QED) is 0.731. The van der Waals surface area contributed by atoms with Crippen molar-refractivity contribution < 1.29 is 9.53 Å². The third kappa shape index (κ3) is 2.69. The smallest absolute Gasteiger partial charge is 0.390 e. The summed E-state index contributed by atoms with van der Waals surface area (Å²) in [4.78, 5) is 18.5.